The van der Waals surface area contributed by atoms with Crippen LogP contribution in [0.25, 0.3) is 0 Å². The average Bonchev–Trinajstić information content (AvgIpc) is 2.72. The Bertz CT molecular complexity index is 568. The van der Waals surface area contributed by atoms with E-state index in [4.69, 9.17) is 16.7 Å². The molecule has 2 aromatic rings. The van der Waals surface area contributed by atoms with Crippen LogP contribution in [-0.4, -0.2) is 20.9 Å². The molecule has 0 saturated carbocycles. The summed E-state index contributed by atoms with van der Waals surface area (Å²) in [5.41, 5.74) is 0.756. The zero-order chi connectivity index (χ0) is 12.4. The van der Waals surface area contributed by atoms with Crippen molar-refractivity contribution in [3.05, 3.63) is 52.6 Å². The van der Waals surface area contributed by atoms with E-state index in [1.54, 1.807) is 6.07 Å². The molecular formula is C11H8ClFN2O2. The number of nitrogens with zero attached hydrogens (tertiary/aromatic N) is 2. The summed E-state index contributed by atoms with van der Waals surface area (Å²) in [5.74, 6) is -1.55. The average molecular weight is 255 g/mol. The lowest BCUT2D eigenvalue weighted by Gasteiger charge is -2.02. The van der Waals surface area contributed by atoms with Gasteiger partial charge in [-0.25, -0.2) is 9.18 Å². The smallest absolute Gasteiger partial charge is 0.338 e. The number of rotatable bonds is 3. The molecule has 0 aliphatic carbocycles. The van der Waals surface area contributed by atoms with Gasteiger partial charge in [-0.1, -0.05) is 17.7 Å². The van der Waals surface area contributed by atoms with Gasteiger partial charge in [0.1, 0.15) is 5.82 Å². The number of aromatic carboxylic acids is 1. The monoisotopic (exact) mass is 254 g/mol. The lowest BCUT2D eigenvalue weighted by atomic mass is 10.2. The molecule has 88 valence electrons. The number of carboxylic acids is 1. The zero-order valence-electron chi connectivity index (χ0n) is 8.60. The molecule has 0 bridgehead atoms. The molecule has 4 nitrogen and oxygen atoms in total. The Hall–Kier alpha value is -1.88. The quantitative estimate of drug-likeness (QED) is 0.915. The molecule has 1 aromatic heterocycles. The van der Waals surface area contributed by atoms with E-state index in [9.17, 15) is 9.18 Å². The van der Waals surface area contributed by atoms with Gasteiger partial charge in [0.2, 0.25) is 0 Å². The van der Waals surface area contributed by atoms with Crippen LogP contribution in [0.4, 0.5) is 4.39 Å². The molecule has 1 aromatic carbocycles. The third kappa shape index (κ3) is 2.62. The highest BCUT2D eigenvalue weighted by Gasteiger charge is 2.07. The first-order valence-electron chi connectivity index (χ1n) is 4.76. The Kier molecular flexibility index (Phi) is 3.10. The van der Waals surface area contributed by atoms with Crippen LogP contribution in [0.3, 0.4) is 0 Å². The molecule has 1 heterocycles. The molecule has 0 saturated heterocycles. The van der Waals surface area contributed by atoms with Crippen molar-refractivity contribution in [2.75, 3.05) is 0 Å². The van der Waals surface area contributed by atoms with E-state index < -0.39 is 11.8 Å². The summed E-state index contributed by atoms with van der Waals surface area (Å²) in [7, 11) is 0. The highest BCUT2D eigenvalue weighted by molar-refractivity contribution is 6.30. The first kappa shape index (κ1) is 11.6. The molecule has 6 heteroatoms. The molecule has 1 N–H and O–H groups in total. The lowest BCUT2D eigenvalue weighted by molar-refractivity contribution is 0.0697. The number of hydrogen-bond donors (Lipinski definition) is 1. The van der Waals surface area contributed by atoms with Gasteiger partial charge < -0.3 is 5.11 Å². The van der Waals surface area contributed by atoms with E-state index in [-0.39, 0.29) is 10.6 Å². The molecule has 0 fully saturated rings. The van der Waals surface area contributed by atoms with Crippen LogP contribution in [0.1, 0.15) is 15.9 Å². The number of hydrogen-bond acceptors (Lipinski definition) is 2. The first-order valence-corrected chi connectivity index (χ1v) is 5.14. The Labute approximate surface area is 101 Å². The Morgan fingerprint density at radius 1 is 1.53 bits per heavy atom. The number of benzene rings is 1. The fraction of sp³-hybridized carbons (Fsp3) is 0.0909. The third-order valence-electron chi connectivity index (χ3n) is 2.21. The van der Waals surface area contributed by atoms with Crippen LogP contribution in [0, 0.1) is 5.82 Å². The van der Waals surface area contributed by atoms with Crippen molar-refractivity contribution in [1.29, 1.82) is 0 Å². The highest BCUT2D eigenvalue weighted by atomic mass is 35.5. The second kappa shape index (κ2) is 4.55. The second-order valence-corrected chi connectivity index (χ2v) is 3.89. The van der Waals surface area contributed by atoms with Gasteiger partial charge in [0.15, 0.2) is 0 Å². The molecule has 2 rings (SSSR count). The van der Waals surface area contributed by atoms with Crippen molar-refractivity contribution < 1.29 is 14.3 Å². The lowest BCUT2D eigenvalue weighted by Crippen LogP contribution is -2.01. The second-order valence-electron chi connectivity index (χ2n) is 3.48. The highest BCUT2D eigenvalue weighted by Crippen LogP contribution is 2.16. The topological polar surface area (TPSA) is 55.1 Å². The maximum absolute atomic E-state index is 13.2. The van der Waals surface area contributed by atoms with E-state index in [2.05, 4.69) is 5.10 Å². The minimum atomic E-state index is -1.04. The van der Waals surface area contributed by atoms with E-state index in [1.165, 1.54) is 29.2 Å². The van der Waals surface area contributed by atoms with Gasteiger partial charge in [-0.05, 0) is 17.7 Å². The molecule has 0 aliphatic heterocycles. The largest absolute Gasteiger partial charge is 0.478 e. The maximum atomic E-state index is 13.2. The zero-order valence-corrected chi connectivity index (χ0v) is 9.36. The van der Waals surface area contributed by atoms with Crippen molar-refractivity contribution >= 4 is 17.6 Å². The Balaban J connectivity index is 2.19. The molecule has 0 radical (unpaired) electrons. The van der Waals surface area contributed by atoms with E-state index >= 15 is 0 Å². The van der Waals surface area contributed by atoms with E-state index in [0.29, 0.717) is 12.1 Å². The number of halogens is 2. The summed E-state index contributed by atoms with van der Waals surface area (Å²) >= 11 is 5.55. The number of aromatic nitrogens is 2. The predicted molar refractivity (Wildman–Crippen MR) is 59.7 cm³/mol. The van der Waals surface area contributed by atoms with Crippen molar-refractivity contribution in [3.8, 4) is 0 Å². The van der Waals surface area contributed by atoms with Crippen molar-refractivity contribution in [1.82, 2.24) is 9.78 Å². The summed E-state index contributed by atoms with van der Waals surface area (Å²) in [6.45, 7) is 0.293. The fourth-order valence-corrected chi connectivity index (χ4v) is 1.50. The third-order valence-corrected chi connectivity index (χ3v) is 2.52. The minimum absolute atomic E-state index is 0.0560. The van der Waals surface area contributed by atoms with Crippen LogP contribution in [0.15, 0.2) is 30.6 Å². The summed E-state index contributed by atoms with van der Waals surface area (Å²) in [6, 6.07) is 4.41. The first-order chi connectivity index (χ1) is 8.06. The van der Waals surface area contributed by atoms with Crippen LogP contribution >= 0.6 is 11.6 Å². The number of carboxylic acid groups (broad SMARTS) is 1. The van der Waals surface area contributed by atoms with Gasteiger partial charge >= 0.3 is 5.97 Å². The van der Waals surface area contributed by atoms with Gasteiger partial charge in [-0.3, -0.25) is 4.68 Å². The standard InChI is InChI=1S/C11H8ClFN2O2/c12-9-2-1-7(3-10(9)13)5-15-6-8(4-14-15)11(16)17/h1-4,6H,5H2,(H,16,17). The summed E-state index contributed by atoms with van der Waals surface area (Å²) < 4.78 is 14.6. The van der Waals surface area contributed by atoms with Gasteiger partial charge in [0.25, 0.3) is 0 Å². The summed E-state index contributed by atoms with van der Waals surface area (Å²) in [4.78, 5) is 10.6. The van der Waals surface area contributed by atoms with E-state index in [0.717, 1.165) is 0 Å². The minimum Gasteiger partial charge on any atom is -0.478 e. The van der Waals surface area contributed by atoms with Gasteiger partial charge in [0.05, 0.1) is 23.3 Å². The molecule has 0 spiro atoms. The molecule has 0 unspecified atom stereocenters. The maximum Gasteiger partial charge on any atom is 0.338 e. The van der Waals surface area contributed by atoms with Gasteiger partial charge in [0, 0.05) is 6.20 Å². The Morgan fingerprint density at radius 2 is 2.29 bits per heavy atom. The Morgan fingerprint density at radius 3 is 2.88 bits per heavy atom. The van der Waals surface area contributed by atoms with Crippen molar-refractivity contribution in [2.24, 2.45) is 0 Å². The van der Waals surface area contributed by atoms with Crippen molar-refractivity contribution in [2.45, 2.75) is 6.54 Å². The van der Waals surface area contributed by atoms with Crippen LogP contribution in [0.2, 0.25) is 5.02 Å². The molecule has 0 amide bonds. The normalized spacial score (nSPS) is 10.5. The van der Waals surface area contributed by atoms with Gasteiger partial charge in [-0.2, -0.15) is 5.10 Å². The SMILES string of the molecule is O=C(O)c1cnn(Cc2ccc(Cl)c(F)c2)c1. The van der Waals surface area contributed by atoms with Crippen LogP contribution < -0.4 is 0 Å². The molecule has 0 aliphatic rings. The number of carbonyl (C=O) groups is 1. The fourth-order valence-electron chi connectivity index (χ4n) is 1.39. The van der Waals surface area contributed by atoms with Gasteiger partial charge in [-0.15, -0.1) is 0 Å². The van der Waals surface area contributed by atoms with Crippen LogP contribution in [-0.2, 0) is 6.54 Å². The molecular weight excluding hydrogens is 247 g/mol. The molecule has 0 atom stereocenters. The molecule has 17 heavy (non-hydrogen) atoms. The predicted octanol–water partition coefficient (Wildman–Crippen LogP) is 2.42. The van der Waals surface area contributed by atoms with Crippen molar-refractivity contribution in [3.63, 3.8) is 0 Å². The summed E-state index contributed by atoms with van der Waals surface area (Å²) in [5, 5.41) is 12.6. The van der Waals surface area contributed by atoms with Crippen LogP contribution in [0.5, 0.6) is 0 Å². The summed E-state index contributed by atoms with van der Waals surface area (Å²) in [6.07, 6.45) is 2.63. The van der Waals surface area contributed by atoms with E-state index in [1.807, 2.05) is 0 Å².